The zero-order valence-electron chi connectivity index (χ0n) is 15.7. The van der Waals surface area contributed by atoms with Gasteiger partial charge in [-0.2, -0.15) is 0 Å². The van der Waals surface area contributed by atoms with Gasteiger partial charge in [-0.1, -0.05) is 0 Å². The zero-order chi connectivity index (χ0) is 20.1. The molecule has 5 nitrogen and oxygen atoms in total. The summed E-state index contributed by atoms with van der Waals surface area (Å²) in [6, 6.07) is 8.54. The van der Waals surface area contributed by atoms with Crippen molar-refractivity contribution in [2.24, 2.45) is 0 Å². The van der Waals surface area contributed by atoms with Crippen LogP contribution < -0.4 is 15.5 Å². The zero-order valence-corrected chi connectivity index (χ0v) is 15.7. The Balaban J connectivity index is 1.49. The van der Waals surface area contributed by atoms with Crippen LogP contribution >= 0.6 is 0 Å². The molecule has 0 aromatic heterocycles. The van der Waals surface area contributed by atoms with Crippen LogP contribution in [0.25, 0.3) is 0 Å². The molecule has 2 amide bonds. The van der Waals surface area contributed by atoms with Crippen molar-refractivity contribution in [2.45, 2.75) is 26.2 Å². The van der Waals surface area contributed by atoms with Gasteiger partial charge in [0.25, 0.3) is 5.91 Å². The molecule has 1 aliphatic rings. The van der Waals surface area contributed by atoms with Crippen molar-refractivity contribution in [1.82, 2.24) is 5.32 Å². The molecule has 0 atom stereocenters. The van der Waals surface area contributed by atoms with Gasteiger partial charge in [0, 0.05) is 43.5 Å². The average molecular weight is 387 g/mol. The van der Waals surface area contributed by atoms with Crippen LogP contribution in [-0.4, -0.2) is 31.4 Å². The summed E-state index contributed by atoms with van der Waals surface area (Å²) in [4.78, 5) is 26.4. The summed E-state index contributed by atoms with van der Waals surface area (Å²) in [5.41, 5.74) is 2.72. The monoisotopic (exact) mass is 387 g/mol. The maximum atomic E-state index is 13.6. The van der Waals surface area contributed by atoms with Gasteiger partial charge in [-0.25, -0.2) is 8.78 Å². The van der Waals surface area contributed by atoms with E-state index in [2.05, 4.69) is 15.5 Å². The van der Waals surface area contributed by atoms with Gasteiger partial charge >= 0.3 is 0 Å². The van der Waals surface area contributed by atoms with E-state index in [1.54, 1.807) is 0 Å². The molecule has 28 heavy (non-hydrogen) atoms. The Labute approximate surface area is 162 Å². The number of rotatable bonds is 6. The molecule has 1 aliphatic heterocycles. The number of halogens is 2. The van der Waals surface area contributed by atoms with Crippen molar-refractivity contribution < 1.29 is 18.4 Å². The molecule has 0 radical (unpaired) electrons. The van der Waals surface area contributed by atoms with Crippen molar-refractivity contribution in [3.63, 3.8) is 0 Å². The molecule has 1 saturated heterocycles. The highest BCUT2D eigenvalue weighted by molar-refractivity contribution is 5.95. The molecule has 0 bridgehead atoms. The Morgan fingerprint density at radius 3 is 2.50 bits per heavy atom. The molecule has 0 unspecified atom stereocenters. The molecule has 0 spiro atoms. The topological polar surface area (TPSA) is 61.4 Å². The number of benzene rings is 2. The maximum Gasteiger partial charge on any atom is 0.254 e. The number of aryl methyl sites for hydroxylation is 1. The molecule has 2 N–H and O–H groups in total. The molecule has 0 saturated carbocycles. The minimum absolute atomic E-state index is 0.0431. The van der Waals surface area contributed by atoms with E-state index < -0.39 is 17.5 Å². The number of nitrogens with zero attached hydrogens (tertiary/aromatic N) is 1. The lowest BCUT2D eigenvalue weighted by atomic mass is 10.1. The number of hydrogen-bond acceptors (Lipinski definition) is 3. The van der Waals surface area contributed by atoms with Crippen molar-refractivity contribution in [2.75, 3.05) is 29.9 Å². The highest BCUT2D eigenvalue weighted by atomic mass is 19.1. The first-order valence-electron chi connectivity index (χ1n) is 9.33. The van der Waals surface area contributed by atoms with E-state index in [0.29, 0.717) is 11.8 Å². The van der Waals surface area contributed by atoms with Crippen molar-refractivity contribution in [1.29, 1.82) is 0 Å². The van der Waals surface area contributed by atoms with Gasteiger partial charge in [0.05, 0.1) is 5.56 Å². The molecule has 3 rings (SSSR count). The van der Waals surface area contributed by atoms with E-state index in [4.69, 9.17) is 0 Å². The largest absolute Gasteiger partial charge is 0.371 e. The van der Waals surface area contributed by atoms with Crippen LogP contribution in [0.4, 0.5) is 20.2 Å². The van der Waals surface area contributed by atoms with E-state index in [-0.39, 0.29) is 24.4 Å². The Kier molecular flexibility index (Phi) is 6.23. The third-order valence-corrected chi connectivity index (χ3v) is 4.74. The van der Waals surface area contributed by atoms with Gasteiger partial charge in [-0.3, -0.25) is 9.59 Å². The predicted octanol–water partition coefficient (Wildman–Crippen LogP) is 3.63. The molecule has 2 aromatic carbocycles. The second-order valence-corrected chi connectivity index (χ2v) is 6.87. The first-order valence-corrected chi connectivity index (χ1v) is 9.33. The van der Waals surface area contributed by atoms with E-state index in [1.807, 2.05) is 25.1 Å². The van der Waals surface area contributed by atoms with Gasteiger partial charge in [0.1, 0.15) is 11.6 Å². The summed E-state index contributed by atoms with van der Waals surface area (Å²) in [5, 5.41) is 5.27. The minimum atomic E-state index is -0.935. The van der Waals surface area contributed by atoms with Crippen LogP contribution in [0.15, 0.2) is 36.4 Å². The van der Waals surface area contributed by atoms with Crippen molar-refractivity contribution in [3.8, 4) is 0 Å². The number of hydrogen-bond donors (Lipinski definition) is 2. The van der Waals surface area contributed by atoms with Crippen LogP contribution in [0.2, 0.25) is 0 Å². The summed E-state index contributed by atoms with van der Waals surface area (Å²) in [7, 11) is 0. The Morgan fingerprint density at radius 2 is 1.82 bits per heavy atom. The normalized spacial score (nSPS) is 13.5. The maximum absolute atomic E-state index is 13.6. The Morgan fingerprint density at radius 1 is 1.07 bits per heavy atom. The lowest BCUT2D eigenvalue weighted by Crippen LogP contribution is -2.28. The van der Waals surface area contributed by atoms with Crippen LogP contribution in [0.1, 0.15) is 35.2 Å². The summed E-state index contributed by atoms with van der Waals surface area (Å²) in [6.07, 6.45) is 2.44. The van der Waals surface area contributed by atoms with Crippen molar-refractivity contribution >= 4 is 23.2 Å². The molecule has 148 valence electrons. The smallest absolute Gasteiger partial charge is 0.254 e. The highest BCUT2D eigenvalue weighted by Gasteiger charge is 2.15. The van der Waals surface area contributed by atoms with Gasteiger partial charge in [-0.15, -0.1) is 0 Å². The van der Waals surface area contributed by atoms with Crippen LogP contribution in [-0.2, 0) is 4.79 Å². The minimum Gasteiger partial charge on any atom is -0.371 e. The van der Waals surface area contributed by atoms with E-state index >= 15 is 0 Å². The van der Waals surface area contributed by atoms with Gasteiger partial charge in [0.15, 0.2) is 0 Å². The number of carbonyl (C=O) groups excluding carboxylic acids is 2. The molecular weight excluding hydrogens is 364 g/mol. The molecule has 2 aromatic rings. The molecule has 1 heterocycles. The quantitative estimate of drug-likeness (QED) is 0.796. The standard InChI is InChI=1S/C21H23F2N3O2/c1-14-12-16(5-7-19(14)26-10-2-3-11-26)25-20(27)8-9-24-21(28)17-6-4-15(22)13-18(17)23/h4-7,12-13H,2-3,8-11H2,1H3,(H,24,28)(H,25,27). The van der Waals surface area contributed by atoms with Crippen LogP contribution in [0, 0.1) is 18.6 Å². The predicted molar refractivity (Wildman–Crippen MR) is 105 cm³/mol. The van der Waals surface area contributed by atoms with Crippen LogP contribution in [0.3, 0.4) is 0 Å². The molecule has 1 fully saturated rings. The Bertz CT molecular complexity index is 880. The summed E-state index contributed by atoms with van der Waals surface area (Å²) >= 11 is 0. The summed E-state index contributed by atoms with van der Waals surface area (Å²) < 4.78 is 26.5. The van der Waals surface area contributed by atoms with Crippen LogP contribution in [0.5, 0.6) is 0 Å². The SMILES string of the molecule is Cc1cc(NC(=O)CCNC(=O)c2ccc(F)cc2F)ccc1N1CCCC1. The third kappa shape index (κ3) is 4.85. The number of anilines is 2. The Hall–Kier alpha value is -2.96. The summed E-state index contributed by atoms with van der Waals surface area (Å²) in [5.74, 6) is -2.63. The fourth-order valence-corrected chi connectivity index (χ4v) is 3.33. The van der Waals surface area contributed by atoms with Gasteiger partial charge < -0.3 is 15.5 Å². The van der Waals surface area contributed by atoms with E-state index in [0.717, 1.165) is 30.8 Å². The average Bonchev–Trinajstić information content (AvgIpc) is 3.16. The van der Waals surface area contributed by atoms with E-state index in [9.17, 15) is 18.4 Å². The fourth-order valence-electron chi connectivity index (χ4n) is 3.33. The van der Waals surface area contributed by atoms with Gasteiger partial charge in [-0.05, 0) is 55.7 Å². The fraction of sp³-hybridized carbons (Fsp3) is 0.333. The molecule has 7 heteroatoms. The van der Waals surface area contributed by atoms with Crippen molar-refractivity contribution in [3.05, 3.63) is 59.2 Å². The number of amides is 2. The molecular formula is C21H23F2N3O2. The second kappa shape index (κ2) is 8.82. The lowest BCUT2D eigenvalue weighted by molar-refractivity contribution is -0.116. The third-order valence-electron chi connectivity index (χ3n) is 4.74. The number of nitrogens with one attached hydrogen (secondary N) is 2. The van der Waals surface area contributed by atoms with E-state index in [1.165, 1.54) is 18.5 Å². The second-order valence-electron chi connectivity index (χ2n) is 6.87. The van der Waals surface area contributed by atoms with Gasteiger partial charge in [0.2, 0.25) is 5.91 Å². The molecule has 0 aliphatic carbocycles. The lowest BCUT2D eigenvalue weighted by Gasteiger charge is -2.20. The first kappa shape index (κ1) is 19.8. The number of carbonyl (C=O) groups is 2. The summed E-state index contributed by atoms with van der Waals surface area (Å²) in [6.45, 7) is 4.18. The first-order chi connectivity index (χ1) is 13.4. The highest BCUT2D eigenvalue weighted by Crippen LogP contribution is 2.26.